The molecule has 0 amide bonds. The van der Waals surface area contributed by atoms with E-state index < -0.39 is 22.7 Å². The van der Waals surface area contributed by atoms with Crippen molar-refractivity contribution in [3.63, 3.8) is 0 Å². The van der Waals surface area contributed by atoms with Gasteiger partial charge in [-0.25, -0.2) is 12.8 Å². The summed E-state index contributed by atoms with van der Waals surface area (Å²) in [5, 5.41) is 0. The molecule has 6 nitrogen and oxygen atoms in total. The summed E-state index contributed by atoms with van der Waals surface area (Å²) in [6.07, 6.45) is 1.47. The number of ketones is 2. The Bertz CT molecular complexity index is 841. The molecule has 26 heavy (non-hydrogen) atoms. The molecule has 2 heterocycles. The van der Waals surface area contributed by atoms with E-state index in [1.165, 1.54) is 11.8 Å². The summed E-state index contributed by atoms with van der Waals surface area (Å²) in [6, 6.07) is 7.13. The van der Waals surface area contributed by atoms with E-state index in [1.807, 2.05) is 16.4 Å². The minimum atomic E-state index is -1.14. The summed E-state index contributed by atoms with van der Waals surface area (Å²) in [4.78, 5) is 25.2. The number of ether oxygens (including phenoxy) is 1. The Kier molecular flexibility index (Phi) is 4.54. The lowest BCUT2D eigenvalue weighted by Crippen LogP contribution is -2.51. The summed E-state index contributed by atoms with van der Waals surface area (Å²) in [5.41, 5.74) is 0.739. The van der Waals surface area contributed by atoms with Crippen molar-refractivity contribution in [3.05, 3.63) is 40.3 Å². The van der Waals surface area contributed by atoms with Crippen molar-refractivity contribution >= 4 is 40.3 Å². The third-order valence-electron chi connectivity index (χ3n) is 5.00. The topological polar surface area (TPSA) is 66.9 Å². The molecule has 0 bridgehead atoms. The normalized spacial score (nSPS) is 23.7. The minimum Gasteiger partial charge on any atom is -0.484 e. The predicted molar refractivity (Wildman–Crippen MR) is 102 cm³/mol. The van der Waals surface area contributed by atoms with Crippen LogP contribution in [0.15, 0.2) is 29.2 Å². The van der Waals surface area contributed by atoms with Crippen LogP contribution >= 0.6 is 11.8 Å². The SMILES string of the molecule is CN(C)S(=O)N1CCC2(CC1)CSC1=C(O2)c2ccccc2C(=O)C1=O. The average molecular weight is 393 g/mol. The smallest absolute Gasteiger partial charge is 0.243 e. The van der Waals surface area contributed by atoms with E-state index >= 15 is 0 Å². The monoisotopic (exact) mass is 392 g/mol. The number of hydrogen-bond acceptors (Lipinski definition) is 5. The molecule has 0 aromatic heterocycles. The Labute approximate surface area is 159 Å². The number of carbonyl (C=O) groups is 2. The van der Waals surface area contributed by atoms with E-state index in [0.29, 0.717) is 40.6 Å². The van der Waals surface area contributed by atoms with Crippen LogP contribution in [0.2, 0.25) is 0 Å². The van der Waals surface area contributed by atoms with Crippen LogP contribution < -0.4 is 0 Å². The Morgan fingerprint density at radius 2 is 1.77 bits per heavy atom. The molecule has 4 rings (SSSR count). The van der Waals surface area contributed by atoms with Crippen molar-refractivity contribution in [1.82, 2.24) is 8.61 Å². The number of nitrogens with zero attached hydrogens (tertiary/aromatic N) is 2. The highest BCUT2D eigenvalue weighted by Gasteiger charge is 2.46. The maximum absolute atomic E-state index is 12.4. The number of hydrogen-bond donors (Lipinski definition) is 0. The highest BCUT2D eigenvalue weighted by atomic mass is 32.2. The van der Waals surface area contributed by atoms with Crippen LogP contribution in [-0.2, 0) is 20.7 Å². The lowest BCUT2D eigenvalue weighted by atomic mass is 9.90. The molecule has 1 aliphatic carbocycles. The predicted octanol–water partition coefficient (Wildman–Crippen LogP) is 1.86. The molecule has 1 unspecified atom stereocenters. The van der Waals surface area contributed by atoms with E-state index in [9.17, 15) is 13.8 Å². The van der Waals surface area contributed by atoms with Gasteiger partial charge in [0.05, 0.1) is 0 Å². The number of piperidine rings is 1. The Balaban J connectivity index is 1.61. The van der Waals surface area contributed by atoms with Crippen molar-refractivity contribution < 1.29 is 18.5 Å². The average Bonchev–Trinajstić information content (AvgIpc) is 2.66. The molecule has 1 aromatic rings. The Hall–Kier alpha value is -1.48. The van der Waals surface area contributed by atoms with Gasteiger partial charge in [-0.3, -0.25) is 9.59 Å². The van der Waals surface area contributed by atoms with E-state index in [0.717, 1.165) is 12.8 Å². The second kappa shape index (κ2) is 6.60. The third-order valence-corrected chi connectivity index (χ3v) is 7.76. The fourth-order valence-corrected chi connectivity index (χ4v) is 5.76. The second-order valence-corrected chi connectivity index (χ2v) is 9.60. The molecule has 3 aliphatic rings. The number of allylic oxidation sites excluding steroid dienone is 1. The quantitative estimate of drug-likeness (QED) is 0.719. The molecule has 138 valence electrons. The van der Waals surface area contributed by atoms with Crippen LogP contribution in [0.5, 0.6) is 0 Å². The molecule has 8 heteroatoms. The Morgan fingerprint density at radius 1 is 1.12 bits per heavy atom. The molecule has 1 aromatic carbocycles. The fourth-order valence-electron chi connectivity index (χ4n) is 3.54. The van der Waals surface area contributed by atoms with Crippen LogP contribution in [0.4, 0.5) is 0 Å². The molecule has 0 N–H and O–H groups in total. The van der Waals surface area contributed by atoms with Gasteiger partial charge < -0.3 is 4.74 Å². The molecule has 1 saturated heterocycles. The van der Waals surface area contributed by atoms with Gasteiger partial charge in [-0.15, -0.1) is 11.8 Å². The molecular weight excluding hydrogens is 372 g/mol. The molecule has 1 fully saturated rings. The van der Waals surface area contributed by atoms with Crippen LogP contribution in [-0.4, -0.2) is 62.9 Å². The first-order valence-electron chi connectivity index (χ1n) is 8.51. The number of rotatable bonds is 2. The van der Waals surface area contributed by atoms with Crippen LogP contribution in [0.3, 0.4) is 0 Å². The van der Waals surface area contributed by atoms with Gasteiger partial charge in [0.2, 0.25) is 11.6 Å². The number of Topliss-reactive ketones (excluding diaryl/α,β-unsaturated/α-hetero) is 2. The second-order valence-electron chi connectivity index (χ2n) is 6.91. The standard InChI is InChI=1S/C18H20N2O4S2/c1-19(2)26(23)20-9-7-18(8-10-20)11-25-17-15(22)14(21)12-5-3-4-6-13(12)16(17)24-18/h3-6H,7-11H2,1-2H3. The van der Waals surface area contributed by atoms with Gasteiger partial charge in [0.1, 0.15) is 16.3 Å². The summed E-state index contributed by atoms with van der Waals surface area (Å²) in [5.74, 6) is 0.256. The molecule has 1 atom stereocenters. The van der Waals surface area contributed by atoms with E-state index in [2.05, 4.69) is 0 Å². The largest absolute Gasteiger partial charge is 0.484 e. The van der Waals surface area contributed by atoms with E-state index in [4.69, 9.17) is 4.74 Å². The van der Waals surface area contributed by atoms with Crippen molar-refractivity contribution in [3.8, 4) is 0 Å². The zero-order valence-electron chi connectivity index (χ0n) is 14.7. The molecule has 0 radical (unpaired) electrons. The number of thioether (sulfide) groups is 1. The summed E-state index contributed by atoms with van der Waals surface area (Å²) in [7, 11) is 3.60. The zero-order valence-corrected chi connectivity index (χ0v) is 16.3. The lowest BCUT2D eigenvalue weighted by molar-refractivity contribution is -0.111. The zero-order chi connectivity index (χ0) is 18.5. The molecule has 1 spiro atoms. The maximum Gasteiger partial charge on any atom is 0.243 e. The number of benzene rings is 1. The molecule has 0 saturated carbocycles. The van der Waals surface area contributed by atoms with Gasteiger partial charge in [-0.2, -0.15) is 0 Å². The molecular formula is C18H20N2O4S2. The lowest BCUT2D eigenvalue weighted by Gasteiger charge is -2.45. The first kappa shape index (κ1) is 17.9. The van der Waals surface area contributed by atoms with Crippen molar-refractivity contribution in [2.45, 2.75) is 18.4 Å². The summed E-state index contributed by atoms with van der Waals surface area (Å²) >= 11 is 0.283. The van der Waals surface area contributed by atoms with Crippen LogP contribution in [0.1, 0.15) is 28.8 Å². The maximum atomic E-state index is 12.4. The van der Waals surface area contributed by atoms with Crippen molar-refractivity contribution in [2.24, 2.45) is 0 Å². The van der Waals surface area contributed by atoms with Crippen molar-refractivity contribution in [1.29, 1.82) is 0 Å². The van der Waals surface area contributed by atoms with Gasteiger partial charge in [0.25, 0.3) is 0 Å². The first-order chi connectivity index (χ1) is 12.4. The first-order valence-corrected chi connectivity index (χ1v) is 10.6. The highest BCUT2D eigenvalue weighted by Crippen LogP contribution is 2.47. The third kappa shape index (κ3) is 2.85. The number of fused-ring (bicyclic) bond motifs is 2. The van der Waals surface area contributed by atoms with Crippen LogP contribution in [0, 0.1) is 0 Å². The minimum absolute atomic E-state index is 0.385. The van der Waals surface area contributed by atoms with Gasteiger partial charge in [0, 0.05) is 56.9 Å². The van der Waals surface area contributed by atoms with Crippen LogP contribution in [0.25, 0.3) is 5.76 Å². The van der Waals surface area contributed by atoms with Gasteiger partial charge in [-0.05, 0) is 0 Å². The summed E-state index contributed by atoms with van der Waals surface area (Å²) < 4.78 is 22.3. The van der Waals surface area contributed by atoms with E-state index in [-0.39, 0.29) is 5.60 Å². The number of carbonyl (C=O) groups excluding carboxylic acids is 2. The van der Waals surface area contributed by atoms with Gasteiger partial charge in [-0.1, -0.05) is 24.3 Å². The van der Waals surface area contributed by atoms with Gasteiger partial charge in [0.15, 0.2) is 11.2 Å². The fraction of sp³-hybridized carbons (Fsp3) is 0.444. The summed E-state index contributed by atoms with van der Waals surface area (Å²) in [6.45, 7) is 1.34. The van der Waals surface area contributed by atoms with Gasteiger partial charge >= 0.3 is 0 Å². The van der Waals surface area contributed by atoms with Crippen molar-refractivity contribution in [2.75, 3.05) is 32.9 Å². The molecule has 2 aliphatic heterocycles. The highest BCUT2D eigenvalue weighted by molar-refractivity contribution is 8.04. The Morgan fingerprint density at radius 3 is 2.42 bits per heavy atom. The van der Waals surface area contributed by atoms with E-state index in [1.54, 1.807) is 30.5 Å².